The van der Waals surface area contributed by atoms with Gasteiger partial charge in [-0.25, -0.2) is 0 Å². The first kappa shape index (κ1) is 21.2. The summed E-state index contributed by atoms with van der Waals surface area (Å²) in [6, 6.07) is 2.10. The average Bonchev–Trinajstić information content (AvgIpc) is 2.51. The Labute approximate surface area is 164 Å². The van der Waals surface area contributed by atoms with Crippen molar-refractivity contribution in [2.45, 2.75) is 37.6 Å². The Bertz CT molecular complexity index is 795. The van der Waals surface area contributed by atoms with Gasteiger partial charge in [-0.3, -0.25) is 0 Å². The van der Waals surface area contributed by atoms with Gasteiger partial charge in [-0.15, -0.1) is 0 Å². The van der Waals surface area contributed by atoms with Crippen LogP contribution in [0.25, 0.3) is 0 Å². The van der Waals surface area contributed by atoms with E-state index >= 15 is 0 Å². The van der Waals surface area contributed by atoms with E-state index in [9.17, 15) is 17.7 Å². The van der Waals surface area contributed by atoms with E-state index < -0.39 is 33.8 Å². The highest BCUT2D eigenvalue weighted by atomic mass is 35.5. The molecular formula is C18H17ClF3NOS2. The van der Waals surface area contributed by atoms with Crippen molar-refractivity contribution in [3.05, 3.63) is 58.1 Å². The Morgan fingerprint density at radius 1 is 1.23 bits per heavy atom. The number of allylic oxidation sites excluding steroid dienone is 4. The van der Waals surface area contributed by atoms with Crippen LogP contribution in [0.5, 0.6) is 0 Å². The summed E-state index contributed by atoms with van der Waals surface area (Å²) in [7, 11) is 0. The van der Waals surface area contributed by atoms with E-state index in [0.29, 0.717) is 4.86 Å². The van der Waals surface area contributed by atoms with Crippen LogP contribution in [0.1, 0.15) is 43.4 Å². The predicted molar refractivity (Wildman–Crippen MR) is 106 cm³/mol. The minimum absolute atomic E-state index is 0.147. The zero-order chi connectivity index (χ0) is 19.7. The van der Waals surface area contributed by atoms with Crippen molar-refractivity contribution in [2.75, 3.05) is 0 Å². The topological polar surface area (TPSA) is 35.4 Å². The number of alkyl halides is 3. The maximum atomic E-state index is 13.5. The number of halogens is 4. The molecule has 0 saturated heterocycles. The van der Waals surface area contributed by atoms with Crippen molar-refractivity contribution in [1.82, 2.24) is 0 Å². The zero-order valence-corrected chi connectivity index (χ0v) is 16.7. The van der Waals surface area contributed by atoms with E-state index in [1.807, 2.05) is 0 Å². The first-order valence-electron chi connectivity index (χ1n) is 7.67. The fourth-order valence-corrected chi connectivity index (χ4v) is 3.41. The molecule has 0 N–H and O–H groups in total. The molecule has 1 aliphatic rings. The second-order valence-corrected chi connectivity index (χ2v) is 9.45. The lowest BCUT2D eigenvalue weighted by Gasteiger charge is -2.22. The molecule has 1 aromatic rings. The molecule has 0 fully saturated rings. The Balaban J connectivity index is 2.67. The Hall–Kier alpha value is -1.15. The van der Waals surface area contributed by atoms with Crippen LogP contribution < -0.4 is 0 Å². The SMILES string of the molecule is CC(C)(C)[S+]([O-])/N=C/c1c(C(F)(F)F)ccc(Cl)c1C1C=CC=CC1=S. The maximum absolute atomic E-state index is 13.5. The fourth-order valence-electron chi connectivity index (χ4n) is 2.33. The standard InChI is InChI=1S/C18H17ClF3NOS2/c1-17(2,3)26(24)23-10-12-13(18(20,21)22)8-9-14(19)16(12)11-6-4-5-7-15(11)25/h4-11H,1-3H3/b23-10+. The normalized spacial score (nSPS) is 19.4. The largest absolute Gasteiger partial charge is 0.591 e. The Kier molecular flexibility index (Phi) is 6.38. The number of hydrogen-bond donors (Lipinski definition) is 0. The van der Waals surface area contributed by atoms with Crippen molar-refractivity contribution < 1.29 is 17.7 Å². The van der Waals surface area contributed by atoms with Gasteiger partial charge in [0.2, 0.25) is 0 Å². The minimum atomic E-state index is -4.61. The summed E-state index contributed by atoms with van der Waals surface area (Å²) in [4.78, 5) is 0.445. The molecule has 0 aliphatic heterocycles. The molecule has 2 atom stereocenters. The summed E-state index contributed by atoms with van der Waals surface area (Å²) in [6.07, 6.45) is 3.13. The zero-order valence-electron chi connectivity index (χ0n) is 14.3. The second kappa shape index (κ2) is 7.84. The average molecular weight is 420 g/mol. The molecule has 1 aliphatic carbocycles. The van der Waals surface area contributed by atoms with Crippen LogP contribution >= 0.6 is 23.8 Å². The number of rotatable bonds is 3. The molecule has 0 radical (unpaired) electrons. The van der Waals surface area contributed by atoms with E-state index in [2.05, 4.69) is 4.40 Å². The van der Waals surface area contributed by atoms with E-state index in [1.54, 1.807) is 45.1 Å². The predicted octanol–water partition coefficient (Wildman–Crippen LogP) is 5.82. The molecule has 0 saturated carbocycles. The summed E-state index contributed by atoms with van der Waals surface area (Å²) >= 11 is 9.80. The van der Waals surface area contributed by atoms with Crippen LogP contribution in [-0.2, 0) is 17.5 Å². The third-order valence-electron chi connectivity index (χ3n) is 3.63. The molecule has 26 heavy (non-hydrogen) atoms. The molecule has 2 nitrogen and oxygen atoms in total. The number of thiocarbonyl (C=S) groups is 1. The fraction of sp³-hybridized carbons (Fsp3) is 0.333. The van der Waals surface area contributed by atoms with Gasteiger partial charge >= 0.3 is 6.18 Å². The van der Waals surface area contributed by atoms with E-state index in [1.165, 1.54) is 6.07 Å². The third kappa shape index (κ3) is 4.76. The summed E-state index contributed by atoms with van der Waals surface area (Å²) in [5.74, 6) is -0.589. The molecule has 140 valence electrons. The van der Waals surface area contributed by atoms with Crippen LogP contribution in [-0.4, -0.2) is 20.4 Å². The molecule has 2 unspecified atom stereocenters. The van der Waals surface area contributed by atoms with E-state index in [4.69, 9.17) is 23.8 Å². The lowest BCUT2D eigenvalue weighted by molar-refractivity contribution is -0.137. The summed E-state index contributed by atoms with van der Waals surface area (Å²) in [5, 5.41) is 0.147. The summed E-state index contributed by atoms with van der Waals surface area (Å²) in [6.45, 7) is 5.06. The smallest absolute Gasteiger partial charge is 0.417 e. The van der Waals surface area contributed by atoms with Gasteiger partial charge in [-0.05, 0) is 44.5 Å². The van der Waals surface area contributed by atoms with E-state index in [0.717, 1.165) is 12.3 Å². The Morgan fingerprint density at radius 2 is 1.88 bits per heavy atom. The highest BCUT2D eigenvalue weighted by molar-refractivity contribution is 7.91. The first-order chi connectivity index (χ1) is 11.9. The molecule has 0 amide bonds. The van der Waals surface area contributed by atoms with E-state index in [-0.39, 0.29) is 16.1 Å². The van der Waals surface area contributed by atoms with Gasteiger partial charge in [-0.2, -0.15) is 13.2 Å². The molecule has 8 heteroatoms. The van der Waals surface area contributed by atoms with Gasteiger partial charge in [0.05, 0.1) is 11.8 Å². The quantitative estimate of drug-likeness (QED) is 0.351. The molecule has 0 spiro atoms. The Morgan fingerprint density at radius 3 is 2.42 bits per heavy atom. The summed E-state index contributed by atoms with van der Waals surface area (Å²) in [5.41, 5.74) is -0.894. The first-order valence-corrected chi connectivity index (χ1v) is 9.56. The summed E-state index contributed by atoms with van der Waals surface area (Å²) < 4.78 is 56.0. The molecular weight excluding hydrogens is 403 g/mol. The highest BCUT2D eigenvalue weighted by Crippen LogP contribution is 2.39. The van der Waals surface area contributed by atoms with Crippen molar-refractivity contribution in [3.8, 4) is 0 Å². The minimum Gasteiger partial charge on any atom is -0.591 e. The molecule has 0 bridgehead atoms. The van der Waals surface area contributed by atoms with Crippen molar-refractivity contribution >= 4 is 46.3 Å². The lowest BCUT2D eigenvalue weighted by atomic mass is 9.87. The van der Waals surface area contributed by atoms with Gasteiger partial charge in [0.1, 0.15) is 16.1 Å². The second-order valence-electron chi connectivity index (χ2n) is 6.64. The van der Waals surface area contributed by atoms with Crippen LogP contribution in [0, 0.1) is 0 Å². The lowest BCUT2D eigenvalue weighted by Crippen LogP contribution is -2.26. The molecule has 2 rings (SSSR count). The van der Waals surface area contributed by atoms with Gasteiger partial charge < -0.3 is 4.55 Å². The maximum Gasteiger partial charge on any atom is 0.417 e. The number of benzene rings is 1. The molecule has 0 aromatic heterocycles. The van der Waals surface area contributed by atoms with Gasteiger partial charge in [0.25, 0.3) is 0 Å². The van der Waals surface area contributed by atoms with Crippen molar-refractivity contribution in [2.24, 2.45) is 4.40 Å². The van der Waals surface area contributed by atoms with Crippen LogP contribution in [0.4, 0.5) is 13.2 Å². The number of hydrogen-bond acceptors (Lipinski definition) is 3. The van der Waals surface area contributed by atoms with Crippen LogP contribution in [0.2, 0.25) is 5.02 Å². The van der Waals surface area contributed by atoms with Gasteiger partial charge in [0, 0.05) is 21.4 Å². The molecule has 1 aromatic carbocycles. The van der Waals surface area contributed by atoms with Gasteiger partial charge in [0.15, 0.2) is 0 Å². The molecule has 0 heterocycles. The van der Waals surface area contributed by atoms with Crippen molar-refractivity contribution in [1.29, 1.82) is 0 Å². The monoisotopic (exact) mass is 419 g/mol. The van der Waals surface area contributed by atoms with Crippen LogP contribution in [0.15, 0.2) is 40.8 Å². The van der Waals surface area contributed by atoms with Crippen molar-refractivity contribution in [3.63, 3.8) is 0 Å². The van der Waals surface area contributed by atoms with Gasteiger partial charge in [-0.1, -0.05) is 46.4 Å². The van der Waals surface area contributed by atoms with Crippen LogP contribution in [0.3, 0.4) is 0 Å². The highest BCUT2D eigenvalue weighted by Gasteiger charge is 2.36. The third-order valence-corrected chi connectivity index (χ3v) is 5.70. The number of nitrogens with zero attached hydrogens (tertiary/aromatic N) is 1.